The normalized spacial score (nSPS) is 19.0. The SMILES string of the molecule is CCOc1cc(CNC(=NC)NC2CCS(=O)(=O)C2)ccc1OC.I. The second-order valence-corrected chi connectivity index (χ2v) is 7.82. The van der Waals surface area contributed by atoms with Crippen LogP contribution in [0, 0.1) is 0 Å². The number of nitrogens with zero attached hydrogens (tertiary/aromatic N) is 1. The number of hydrogen-bond donors (Lipinski definition) is 2. The third kappa shape index (κ3) is 6.53. The highest BCUT2D eigenvalue weighted by Gasteiger charge is 2.28. The first-order valence-electron chi connectivity index (χ1n) is 7.94. The molecule has 2 N–H and O–H groups in total. The molecular formula is C16H26IN3O4S. The average molecular weight is 483 g/mol. The fourth-order valence-corrected chi connectivity index (χ4v) is 4.26. The largest absolute Gasteiger partial charge is 0.493 e. The second kappa shape index (κ2) is 10.0. The predicted octanol–water partition coefficient (Wildman–Crippen LogP) is 1.56. The van der Waals surface area contributed by atoms with Crippen LogP contribution in [-0.4, -0.2) is 52.7 Å². The van der Waals surface area contributed by atoms with Gasteiger partial charge in [-0.05, 0) is 31.0 Å². The fraction of sp³-hybridized carbons (Fsp3) is 0.562. The lowest BCUT2D eigenvalue weighted by molar-refractivity contribution is 0.310. The van der Waals surface area contributed by atoms with Crippen molar-refractivity contribution in [3.05, 3.63) is 23.8 Å². The van der Waals surface area contributed by atoms with Crippen LogP contribution < -0.4 is 20.1 Å². The summed E-state index contributed by atoms with van der Waals surface area (Å²) in [4.78, 5) is 4.15. The fourth-order valence-electron chi connectivity index (χ4n) is 2.58. The molecule has 142 valence electrons. The molecule has 2 rings (SSSR count). The van der Waals surface area contributed by atoms with Crippen LogP contribution in [-0.2, 0) is 16.4 Å². The number of nitrogens with one attached hydrogen (secondary N) is 2. The number of aliphatic imine (C=N–C) groups is 1. The highest BCUT2D eigenvalue weighted by Crippen LogP contribution is 2.27. The molecule has 1 aromatic rings. The van der Waals surface area contributed by atoms with E-state index in [4.69, 9.17) is 9.47 Å². The first-order chi connectivity index (χ1) is 11.5. The van der Waals surface area contributed by atoms with Crippen molar-refractivity contribution in [3.63, 3.8) is 0 Å². The summed E-state index contributed by atoms with van der Waals surface area (Å²) in [6.45, 7) is 3.03. The van der Waals surface area contributed by atoms with Crippen molar-refractivity contribution < 1.29 is 17.9 Å². The number of benzene rings is 1. The Morgan fingerprint density at radius 1 is 1.36 bits per heavy atom. The molecule has 0 amide bonds. The summed E-state index contributed by atoms with van der Waals surface area (Å²) in [6, 6.07) is 5.64. The molecule has 1 heterocycles. The van der Waals surface area contributed by atoms with Gasteiger partial charge in [0.1, 0.15) is 0 Å². The molecule has 7 nitrogen and oxygen atoms in total. The van der Waals surface area contributed by atoms with Gasteiger partial charge < -0.3 is 20.1 Å². The van der Waals surface area contributed by atoms with Gasteiger partial charge in [0.15, 0.2) is 27.3 Å². The molecule has 0 saturated carbocycles. The third-order valence-electron chi connectivity index (χ3n) is 3.78. The van der Waals surface area contributed by atoms with Gasteiger partial charge in [-0.3, -0.25) is 4.99 Å². The molecule has 1 aromatic carbocycles. The maximum Gasteiger partial charge on any atom is 0.191 e. The van der Waals surface area contributed by atoms with Crippen molar-refractivity contribution >= 4 is 39.8 Å². The first-order valence-corrected chi connectivity index (χ1v) is 9.77. The molecule has 1 saturated heterocycles. The van der Waals surface area contributed by atoms with E-state index in [1.807, 2.05) is 25.1 Å². The summed E-state index contributed by atoms with van der Waals surface area (Å²) in [7, 11) is 0.362. The van der Waals surface area contributed by atoms with E-state index >= 15 is 0 Å². The summed E-state index contributed by atoms with van der Waals surface area (Å²) in [5.41, 5.74) is 1.02. The minimum absolute atomic E-state index is 0. The summed E-state index contributed by atoms with van der Waals surface area (Å²) >= 11 is 0. The van der Waals surface area contributed by atoms with Gasteiger partial charge in [0, 0.05) is 19.6 Å². The molecule has 25 heavy (non-hydrogen) atoms. The molecule has 1 atom stereocenters. The van der Waals surface area contributed by atoms with E-state index in [1.54, 1.807) is 14.2 Å². The molecule has 0 spiro atoms. The van der Waals surface area contributed by atoms with Gasteiger partial charge in [-0.2, -0.15) is 0 Å². The molecule has 0 radical (unpaired) electrons. The predicted molar refractivity (Wildman–Crippen MR) is 110 cm³/mol. The van der Waals surface area contributed by atoms with Gasteiger partial charge >= 0.3 is 0 Å². The Balaban J connectivity index is 0.00000312. The van der Waals surface area contributed by atoms with E-state index in [1.165, 1.54) is 0 Å². The molecule has 9 heteroatoms. The lowest BCUT2D eigenvalue weighted by atomic mass is 10.2. The minimum Gasteiger partial charge on any atom is -0.493 e. The number of halogens is 1. The summed E-state index contributed by atoms with van der Waals surface area (Å²) < 4.78 is 33.9. The van der Waals surface area contributed by atoms with Gasteiger partial charge in [0.05, 0.1) is 25.2 Å². The van der Waals surface area contributed by atoms with Crippen molar-refractivity contribution in [2.45, 2.75) is 25.9 Å². The molecule has 0 aromatic heterocycles. The quantitative estimate of drug-likeness (QED) is 0.363. The van der Waals surface area contributed by atoms with Gasteiger partial charge in [0.25, 0.3) is 0 Å². The molecule has 1 unspecified atom stereocenters. The summed E-state index contributed by atoms with van der Waals surface area (Å²) in [6.07, 6.45) is 0.611. The van der Waals surface area contributed by atoms with Crippen molar-refractivity contribution in [1.29, 1.82) is 0 Å². The van der Waals surface area contributed by atoms with Crippen LogP contribution in [0.1, 0.15) is 18.9 Å². The molecule has 1 aliphatic heterocycles. The highest BCUT2D eigenvalue weighted by atomic mass is 127. The average Bonchev–Trinajstić information content (AvgIpc) is 2.90. The van der Waals surface area contributed by atoms with Gasteiger partial charge in [-0.1, -0.05) is 6.07 Å². The lowest BCUT2D eigenvalue weighted by Crippen LogP contribution is -2.43. The van der Waals surface area contributed by atoms with Crippen molar-refractivity contribution in [1.82, 2.24) is 10.6 Å². The zero-order valence-electron chi connectivity index (χ0n) is 14.7. The Kier molecular flexibility index (Phi) is 8.77. The first kappa shape index (κ1) is 21.8. The number of sulfone groups is 1. The molecule has 1 fully saturated rings. The van der Waals surface area contributed by atoms with E-state index in [9.17, 15) is 8.42 Å². The zero-order chi connectivity index (χ0) is 17.6. The molecular weight excluding hydrogens is 457 g/mol. The lowest BCUT2D eigenvalue weighted by Gasteiger charge is -2.17. The maximum atomic E-state index is 11.5. The van der Waals surface area contributed by atoms with Crippen LogP contribution >= 0.6 is 24.0 Å². The Hall–Kier alpha value is -1.23. The van der Waals surface area contributed by atoms with E-state index in [2.05, 4.69) is 15.6 Å². The number of rotatable bonds is 6. The monoisotopic (exact) mass is 483 g/mol. The smallest absolute Gasteiger partial charge is 0.191 e. The summed E-state index contributed by atoms with van der Waals surface area (Å²) in [5, 5.41) is 6.35. The number of methoxy groups -OCH3 is 1. The van der Waals surface area contributed by atoms with Crippen LogP contribution in [0.3, 0.4) is 0 Å². The Bertz CT molecular complexity index is 695. The molecule has 0 aliphatic carbocycles. The zero-order valence-corrected chi connectivity index (χ0v) is 17.9. The topological polar surface area (TPSA) is 89.0 Å². The molecule has 0 bridgehead atoms. The number of hydrogen-bond acceptors (Lipinski definition) is 5. The van der Waals surface area contributed by atoms with Crippen molar-refractivity contribution in [2.75, 3.05) is 32.3 Å². The number of guanidine groups is 1. The van der Waals surface area contributed by atoms with Crippen LogP contribution in [0.5, 0.6) is 11.5 Å². The van der Waals surface area contributed by atoms with Crippen LogP contribution in [0.2, 0.25) is 0 Å². The van der Waals surface area contributed by atoms with E-state index in [0.29, 0.717) is 37.0 Å². The van der Waals surface area contributed by atoms with E-state index in [-0.39, 0.29) is 41.5 Å². The highest BCUT2D eigenvalue weighted by molar-refractivity contribution is 14.0. The summed E-state index contributed by atoms with van der Waals surface area (Å²) in [5.74, 6) is 2.37. The minimum atomic E-state index is -2.91. The van der Waals surface area contributed by atoms with Gasteiger partial charge in [-0.15, -0.1) is 24.0 Å². The number of ether oxygens (including phenoxy) is 2. The van der Waals surface area contributed by atoms with Crippen LogP contribution in [0.4, 0.5) is 0 Å². The van der Waals surface area contributed by atoms with Crippen molar-refractivity contribution in [2.24, 2.45) is 4.99 Å². The maximum absolute atomic E-state index is 11.5. The van der Waals surface area contributed by atoms with Gasteiger partial charge in [-0.25, -0.2) is 8.42 Å². The third-order valence-corrected chi connectivity index (χ3v) is 5.55. The Morgan fingerprint density at radius 2 is 2.12 bits per heavy atom. The van der Waals surface area contributed by atoms with E-state index < -0.39 is 9.84 Å². The molecule has 1 aliphatic rings. The second-order valence-electron chi connectivity index (χ2n) is 5.59. The van der Waals surface area contributed by atoms with Crippen molar-refractivity contribution in [3.8, 4) is 11.5 Å². The van der Waals surface area contributed by atoms with E-state index in [0.717, 1.165) is 5.56 Å². The van der Waals surface area contributed by atoms with Crippen LogP contribution in [0.25, 0.3) is 0 Å². The van der Waals surface area contributed by atoms with Crippen LogP contribution in [0.15, 0.2) is 23.2 Å². The Morgan fingerprint density at radius 3 is 2.68 bits per heavy atom. The van der Waals surface area contributed by atoms with Gasteiger partial charge in [0.2, 0.25) is 0 Å². The Labute approximate surface area is 166 Å². The standard InChI is InChI=1S/C16H25N3O4S.HI/c1-4-23-15-9-12(5-6-14(15)22-3)10-18-16(17-2)19-13-7-8-24(20,21)11-13;/h5-6,9,13H,4,7-8,10-11H2,1-3H3,(H2,17,18,19);1H.